The highest BCUT2D eigenvalue weighted by Gasteiger charge is 2.15. The summed E-state index contributed by atoms with van der Waals surface area (Å²) in [5, 5.41) is 28.5. The van der Waals surface area contributed by atoms with Crippen molar-refractivity contribution in [1.29, 1.82) is 0 Å². The van der Waals surface area contributed by atoms with Crippen LogP contribution in [0.1, 0.15) is 11.1 Å². The van der Waals surface area contributed by atoms with Crippen LogP contribution in [-0.2, 0) is 0 Å². The molecule has 0 saturated carbocycles. The lowest BCUT2D eigenvalue weighted by molar-refractivity contribution is -0.385. The van der Waals surface area contributed by atoms with Crippen LogP contribution in [0.4, 0.5) is 5.69 Å². The zero-order valence-corrected chi connectivity index (χ0v) is 9.71. The van der Waals surface area contributed by atoms with Gasteiger partial charge < -0.3 is 14.9 Å². The van der Waals surface area contributed by atoms with E-state index in [2.05, 4.69) is 0 Å². The van der Waals surface area contributed by atoms with Gasteiger partial charge in [0.05, 0.1) is 17.6 Å². The maximum Gasteiger partial charge on any atom is 0.276 e. The van der Waals surface area contributed by atoms with Gasteiger partial charge in [0.25, 0.3) is 5.69 Å². The third-order valence-electron chi connectivity index (χ3n) is 2.33. The van der Waals surface area contributed by atoms with Crippen molar-refractivity contribution in [2.75, 3.05) is 13.2 Å². The third kappa shape index (κ3) is 3.40. The fourth-order valence-corrected chi connectivity index (χ4v) is 1.41. The maximum atomic E-state index is 10.7. The Hall–Kier alpha value is -1.66. The number of hydrogen-bond donors (Lipinski definition) is 2. The Morgan fingerprint density at radius 3 is 2.59 bits per heavy atom. The number of benzene rings is 1. The number of hydrogen-bond acceptors (Lipinski definition) is 5. The van der Waals surface area contributed by atoms with Crippen LogP contribution < -0.4 is 4.74 Å². The van der Waals surface area contributed by atoms with Crippen LogP contribution >= 0.6 is 0 Å². The normalized spacial score (nSPS) is 12.2. The predicted octanol–water partition coefficient (Wildman–Crippen LogP) is 0.944. The molecule has 0 saturated heterocycles. The SMILES string of the molecule is Cc1cc(C)c([N+](=O)[O-])cc1OCC(O)CO. The second-order valence-electron chi connectivity index (χ2n) is 3.81. The van der Waals surface area contributed by atoms with Crippen LogP contribution in [0.3, 0.4) is 0 Å². The summed E-state index contributed by atoms with van der Waals surface area (Å²) in [6.45, 7) is 2.90. The minimum absolute atomic E-state index is 0.0240. The molecule has 1 aromatic rings. The zero-order chi connectivity index (χ0) is 13.0. The number of aliphatic hydroxyl groups excluding tert-OH is 2. The van der Waals surface area contributed by atoms with Crippen molar-refractivity contribution in [1.82, 2.24) is 0 Å². The van der Waals surface area contributed by atoms with Crippen molar-refractivity contribution in [2.24, 2.45) is 0 Å². The Balaban J connectivity index is 2.92. The van der Waals surface area contributed by atoms with Crippen molar-refractivity contribution in [3.8, 4) is 5.75 Å². The molecule has 0 spiro atoms. The maximum absolute atomic E-state index is 10.7. The molecule has 17 heavy (non-hydrogen) atoms. The van der Waals surface area contributed by atoms with Gasteiger partial charge in [-0.3, -0.25) is 10.1 Å². The van der Waals surface area contributed by atoms with E-state index in [0.717, 1.165) is 5.56 Å². The lowest BCUT2D eigenvalue weighted by Gasteiger charge is -2.12. The summed E-state index contributed by atoms with van der Waals surface area (Å²) in [4.78, 5) is 10.3. The lowest BCUT2D eigenvalue weighted by atomic mass is 10.1. The quantitative estimate of drug-likeness (QED) is 0.591. The lowest BCUT2D eigenvalue weighted by Crippen LogP contribution is -2.21. The molecule has 6 nitrogen and oxygen atoms in total. The minimum atomic E-state index is -0.991. The number of nitro groups is 1. The second kappa shape index (κ2) is 5.60. The van der Waals surface area contributed by atoms with Crippen LogP contribution in [-0.4, -0.2) is 34.5 Å². The molecular formula is C11H15NO5. The Bertz CT molecular complexity index is 419. The van der Waals surface area contributed by atoms with Crippen LogP contribution in [0, 0.1) is 24.0 Å². The van der Waals surface area contributed by atoms with E-state index in [1.54, 1.807) is 19.9 Å². The van der Waals surface area contributed by atoms with E-state index >= 15 is 0 Å². The first kappa shape index (κ1) is 13.4. The van der Waals surface area contributed by atoms with Gasteiger partial charge >= 0.3 is 0 Å². The molecule has 0 amide bonds. The van der Waals surface area contributed by atoms with E-state index in [9.17, 15) is 10.1 Å². The van der Waals surface area contributed by atoms with Crippen molar-refractivity contribution in [3.63, 3.8) is 0 Å². The van der Waals surface area contributed by atoms with Crippen LogP contribution in [0.15, 0.2) is 12.1 Å². The number of nitrogens with zero attached hydrogens (tertiary/aromatic N) is 1. The molecule has 0 bridgehead atoms. The average Bonchev–Trinajstić information content (AvgIpc) is 2.26. The summed E-state index contributed by atoms with van der Waals surface area (Å²) in [6, 6.07) is 2.98. The van der Waals surface area contributed by atoms with Crippen molar-refractivity contribution in [2.45, 2.75) is 20.0 Å². The number of nitro benzene ring substituents is 1. The average molecular weight is 241 g/mol. The van der Waals surface area contributed by atoms with Crippen molar-refractivity contribution < 1.29 is 19.9 Å². The molecule has 0 aliphatic rings. The van der Waals surface area contributed by atoms with Gasteiger partial charge in [0, 0.05) is 5.56 Å². The Labute approximate surface area is 98.6 Å². The molecule has 0 radical (unpaired) electrons. The molecule has 1 atom stereocenters. The number of rotatable bonds is 5. The fourth-order valence-electron chi connectivity index (χ4n) is 1.41. The first-order valence-corrected chi connectivity index (χ1v) is 5.13. The van der Waals surface area contributed by atoms with Gasteiger partial charge in [-0.1, -0.05) is 0 Å². The van der Waals surface area contributed by atoms with Crippen LogP contribution in [0.25, 0.3) is 0 Å². The number of aryl methyl sites for hydroxylation is 2. The molecule has 0 heterocycles. The number of ether oxygens (including phenoxy) is 1. The zero-order valence-electron chi connectivity index (χ0n) is 9.71. The molecule has 0 fully saturated rings. The van der Waals surface area contributed by atoms with Gasteiger partial charge in [0.15, 0.2) is 0 Å². The van der Waals surface area contributed by atoms with Gasteiger partial charge in [0.2, 0.25) is 0 Å². The van der Waals surface area contributed by atoms with E-state index in [4.69, 9.17) is 14.9 Å². The Morgan fingerprint density at radius 1 is 1.41 bits per heavy atom. The molecule has 2 N–H and O–H groups in total. The van der Waals surface area contributed by atoms with E-state index in [1.807, 2.05) is 0 Å². The largest absolute Gasteiger partial charge is 0.490 e. The summed E-state index contributed by atoms with van der Waals surface area (Å²) >= 11 is 0. The molecule has 0 aliphatic heterocycles. The van der Waals surface area contributed by atoms with Gasteiger partial charge in [0.1, 0.15) is 18.5 Å². The predicted molar refractivity (Wildman–Crippen MR) is 61.2 cm³/mol. The van der Waals surface area contributed by atoms with Crippen molar-refractivity contribution in [3.05, 3.63) is 33.4 Å². The van der Waals surface area contributed by atoms with Gasteiger partial charge in [-0.25, -0.2) is 0 Å². The first-order valence-electron chi connectivity index (χ1n) is 5.13. The first-order chi connectivity index (χ1) is 7.95. The van der Waals surface area contributed by atoms with E-state index < -0.39 is 17.6 Å². The van der Waals surface area contributed by atoms with E-state index in [1.165, 1.54) is 6.07 Å². The fraction of sp³-hybridized carbons (Fsp3) is 0.455. The summed E-state index contributed by atoms with van der Waals surface area (Å²) in [5.74, 6) is 0.342. The molecule has 0 aromatic heterocycles. The monoisotopic (exact) mass is 241 g/mol. The smallest absolute Gasteiger partial charge is 0.276 e. The molecule has 1 unspecified atom stereocenters. The van der Waals surface area contributed by atoms with Gasteiger partial charge in [-0.15, -0.1) is 0 Å². The molecule has 6 heteroatoms. The molecule has 1 rings (SSSR count). The summed E-state index contributed by atoms with van der Waals surface area (Å²) in [6.07, 6.45) is -0.991. The Morgan fingerprint density at radius 2 is 2.06 bits per heavy atom. The molecule has 0 aliphatic carbocycles. The van der Waals surface area contributed by atoms with E-state index in [-0.39, 0.29) is 12.3 Å². The van der Waals surface area contributed by atoms with Crippen molar-refractivity contribution >= 4 is 5.69 Å². The van der Waals surface area contributed by atoms with E-state index in [0.29, 0.717) is 11.3 Å². The van der Waals surface area contributed by atoms with Gasteiger partial charge in [-0.05, 0) is 25.5 Å². The summed E-state index contributed by atoms with van der Waals surface area (Å²) in [5.41, 5.74) is 1.28. The summed E-state index contributed by atoms with van der Waals surface area (Å²) in [7, 11) is 0. The topological polar surface area (TPSA) is 92.8 Å². The molecular weight excluding hydrogens is 226 g/mol. The minimum Gasteiger partial charge on any atom is -0.490 e. The third-order valence-corrected chi connectivity index (χ3v) is 2.33. The molecule has 94 valence electrons. The summed E-state index contributed by atoms with van der Waals surface area (Å²) < 4.78 is 5.22. The second-order valence-corrected chi connectivity index (χ2v) is 3.81. The highest BCUT2D eigenvalue weighted by atomic mass is 16.6. The standard InChI is InChI=1S/C11H15NO5/c1-7-3-8(2)11(4-10(7)12(15)16)17-6-9(14)5-13/h3-4,9,13-14H,5-6H2,1-2H3. The van der Waals surface area contributed by atoms with Crippen LogP contribution in [0.5, 0.6) is 5.75 Å². The highest BCUT2D eigenvalue weighted by molar-refractivity contribution is 5.49. The number of aliphatic hydroxyl groups is 2. The highest BCUT2D eigenvalue weighted by Crippen LogP contribution is 2.28. The molecule has 1 aromatic carbocycles. The Kier molecular flexibility index (Phi) is 4.42. The van der Waals surface area contributed by atoms with Gasteiger partial charge in [-0.2, -0.15) is 0 Å². The van der Waals surface area contributed by atoms with Crippen LogP contribution in [0.2, 0.25) is 0 Å².